The quantitative estimate of drug-likeness (QED) is 0.757. The largest absolute Gasteiger partial charge is 0.383 e. The highest BCUT2D eigenvalue weighted by atomic mass is 32.2. The molecule has 2 aromatic rings. The Morgan fingerprint density at radius 2 is 2.04 bits per heavy atom. The number of hydrogen-bond acceptors (Lipinski definition) is 8. The van der Waals surface area contributed by atoms with Gasteiger partial charge in [0.1, 0.15) is 12.1 Å². The van der Waals surface area contributed by atoms with E-state index in [0.29, 0.717) is 17.3 Å². The fourth-order valence-electron chi connectivity index (χ4n) is 2.64. The number of anilines is 1. The van der Waals surface area contributed by atoms with Gasteiger partial charge in [-0.15, -0.1) is 0 Å². The molecular weight excluding hydrogens is 342 g/mol. The smallest absolute Gasteiger partial charge is 0.216 e. The van der Waals surface area contributed by atoms with Crippen molar-refractivity contribution in [3.8, 4) is 0 Å². The summed E-state index contributed by atoms with van der Waals surface area (Å²) in [7, 11) is -3.61. The van der Waals surface area contributed by atoms with Crippen LogP contribution < -0.4 is 5.73 Å². The van der Waals surface area contributed by atoms with Gasteiger partial charge in [-0.25, -0.2) is 23.4 Å². The maximum atomic E-state index is 12.4. The van der Waals surface area contributed by atoms with Gasteiger partial charge in [0.05, 0.1) is 24.9 Å². The molecule has 134 valence electrons. The van der Waals surface area contributed by atoms with Crippen LogP contribution in [0.25, 0.3) is 10.9 Å². The number of ether oxygens (including phenoxy) is 1. The molecule has 3 rings (SSSR count). The van der Waals surface area contributed by atoms with Crippen molar-refractivity contribution in [3.63, 3.8) is 0 Å². The highest BCUT2D eigenvalue weighted by Crippen LogP contribution is 2.20. The Bertz CT molecular complexity index is 863. The number of rotatable bonds is 6. The number of nitrogens with two attached hydrogens (primary N) is 1. The SMILES string of the molecule is Nc1ncnc2cnc(S(=O)(=O)C=CCCCN3CCOCC3)cc12. The summed E-state index contributed by atoms with van der Waals surface area (Å²) in [5.41, 5.74) is 6.29. The topological polar surface area (TPSA) is 111 Å². The van der Waals surface area contributed by atoms with Crippen LogP contribution in [0, 0.1) is 0 Å². The summed E-state index contributed by atoms with van der Waals surface area (Å²) in [5.74, 6) is 0.235. The van der Waals surface area contributed by atoms with Crippen LogP contribution in [0.4, 0.5) is 5.82 Å². The summed E-state index contributed by atoms with van der Waals surface area (Å²) in [5, 5.41) is 1.64. The van der Waals surface area contributed by atoms with Gasteiger partial charge in [0.15, 0.2) is 5.03 Å². The summed E-state index contributed by atoms with van der Waals surface area (Å²) in [4.78, 5) is 14.2. The first-order valence-electron chi connectivity index (χ1n) is 8.14. The number of morpholine rings is 1. The van der Waals surface area contributed by atoms with Gasteiger partial charge in [-0.05, 0) is 25.5 Å². The van der Waals surface area contributed by atoms with Gasteiger partial charge in [-0.2, -0.15) is 0 Å². The summed E-state index contributed by atoms with van der Waals surface area (Å²) in [6, 6.07) is 1.41. The van der Waals surface area contributed by atoms with Crippen LogP contribution in [0.2, 0.25) is 0 Å². The maximum Gasteiger partial charge on any atom is 0.216 e. The third-order valence-electron chi connectivity index (χ3n) is 4.04. The molecule has 3 heterocycles. The van der Waals surface area contributed by atoms with Crippen LogP contribution in [-0.4, -0.2) is 61.1 Å². The van der Waals surface area contributed by atoms with E-state index in [2.05, 4.69) is 19.9 Å². The predicted molar refractivity (Wildman–Crippen MR) is 94.6 cm³/mol. The van der Waals surface area contributed by atoms with Crippen LogP contribution in [0.15, 0.2) is 35.1 Å². The number of pyridine rings is 1. The molecule has 0 atom stereocenters. The highest BCUT2D eigenvalue weighted by Gasteiger charge is 2.14. The van der Waals surface area contributed by atoms with Gasteiger partial charge in [-0.1, -0.05) is 6.08 Å². The molecule has 0 unspecified atom stereocenters. The highest BCUT2D eigenvalue weighted by molar-refractivity contribution is 7.94. The van der Waals surface area contributed by atoms with E-state index in [1.165, 1.54) is 24.0 Å². The summed E-state index contributed by atoms with van der Waals surface area (Å²) in [6.45, 7) is 4.35. The molecule has 0 bridgehead atoms. The van der Waals surface area contributed by atoms with Gasteiger partial charge < -0.3 is 10.5 Å². The first kappa shape index (κ1) is 17.7. The first-order chi connectivity index (χ1) is 12.1. The van der Waals surface area contributed by atoms with Gasteiger partial charge in [0.25, 0.3) is 0 Å². The van der Waals surface area contributed by atoms with Crippen LogP contribution >= 0.6 is 0 Å². The monoisotopic (exact) mass is 363 g/mol. The number of unbranched alkanes of at least 4 members (excludes halogenated alkanes) is 1. The van der Waals surface area contributed by atoms with E-state index in [9.17, 15) is 8.42 Å². The lowest BCUT2D eigenvalue weighted by molar-refractivity contribution is 0.0375. The van der Waals surface area contributed by atoms with Gasteiger partial charge >= 0.3 is 0 Å². The Kier molecular flexibility index (Phi) is 5.57. The van der Waals surface area contributed by atoms with Crippen molar-refractivity contribution in [3.05, 3.63) is 30.1 Å². The third kappa shape index (κ3) is 4.50. The lowest BCUT2D eigenvalue weighted by Crippen LogP contribution is -2.36. The van der Waals surface area contributed by atoms with Crippen molar-refractivity contribution in [1.29, 1.82) is 0 Å². The van der Waals surface area contributed by atoms with Crippen molar-refractivity contribution in [1.82, 2.24) is 19.9 Å². The molecule has 25 heavy (non-hydrogen) atoms. The molecule has 0 spiro atoms. The Balaban J connectivity index is 1.62. The van der Waals surface area contributed by atoms with E-state index in [-0.39, 0.29) is 10.8 Å². The van der Waals surface area contributed by atoms with E-state index >= 15 is 0 Å². The predicted octanol–water partition coefficient (Wildman–Crippen LogP) is 1.01. The number of allylic oxidation sites excluding steroid dienone is 1. The molecule has 1 saturated heterocycles. The number of nitrogen functional groups attached to an aromatic ring is 1. The molecule has 0 saturated carbocycles. The number of aromatic nitrogens is 3. The minimum atomic E-state index is -3.61. The molecule has 0 aromatic carbocycles. The molecule has 2 aromatic heterocycles. The van der Waals surface area contributed by atoms with Crippen LogP contribution in [0.1, 0.15) is 12.8 Å². The average molecular weight is 363 g/mol. The molecule has 1 fully saturated rings. The zero-order valence-corrected chi connectivity index (χ0v) is 14.7. The molecule has 2 N–H and O–H groups in total. The molecule has 0 radical (unpaired) electrons. The Hall–Kier alpha value is -2.10. The average Bonchev–Trinajstić information content (AvgIpc) is 2.62. The second-order valence-corrected chi connectivity index (χ2v) is 7.59. The number of sulfone groups is 1. The third-order valence-corrected chi connectivity index (χ3v) is 5.40. The van der Waals surface area contributed by atoms with Crippen molar-refractivity contribution >= 4 is 26.6 Å². The molecular formula is C16H21N5O3S. The maximum absolute atomic E-state index is 12.4. The molecule has 9 heteroatoms. The Morgan fingerprint density at radius 1 is 1.24 bits per heavy atom. The summed E-state index contributed by atoms with van der Waals surface area (Å²) >= 11 is 0. The van der Waals surface area contributed by atoms with Crippen LogP contribution in [-0.2, 0) is 14.6 Å². The number of hydrogen-bond donors (Lipinski definition) is 1. The van der Waals surface area contributed by atoms with Crippen molar-refractivity contribution in [2.24, 2.45) is 0 Å². The number of nitrogens with zero attached hydrogens (tertiary/aromatic N) is 4. The van der Waals surface area contributed by atoms with E-state index < -0.39 is 9.84 Å². The minimum Gasteiger partial charge on any atom is -0.383 e. The Labute approximate surface area is 146 Å². The second kappa shape index (κ2) is 7.85. The van der Waals surface area contributed by atoms with E-state index in [0.717, 1.165) is 39.3 Å². The standard InChI is InChI=1S/C16H21N5O3S/c17-16-13-10-15(18-11-14(13)19-12-20-16)25(22,23)9-3-1-2-4-21-5-7-24-8-6-21/h3,9-12H,1-2,4-8H2,(H2,17,19,20). The van der Waals surface area contributed by atoms with Crippen molar-refractivity contribution in [2.75, 3.05) is 38.6 Å². The van der Waals surface area contributed by atoms with Crippen molar-refractivity contribution < 1.29 is 13.2 Å². The fourth-order valence-corrected chi connectivity index (χ4v) is 3.65. The lowest BCUT2D eigenvalue weighted by atomic mass is 10.3. The van der Waals surface area contributed by atoms with Gasteiger partial charge in [0.2, 0.25) is 9.84 Å². The minimum absolute atomic E-state index is 0.0501. The zero-order chi connectivity index (χ0) is 17.7. The normalized spacial score (nSPS) is 16.6. The molecule has 0 amide bonds. The van der Waals surface area contributed by atoms with E-state index in [1.54, 1.807) is 6.08 Å². The first-order valence-corrected chi connectivity index (χ1v) is 9.69. The second-order valence-electron chi connectivity index (χ2n) is 5.81. The fraction of sp³-hybridized carbons (Fsp3) is 0.438. The Morgan fingerprint density at radius 3 is 2.84 bits per heavy atom. The van der Waals surface area contributed by atoms with E-state index in [4.69, 9.17) is 10.5 Å². The summed E-state index contributed by atoms with van der Waals surface area (Å²) in [6.07, 6.45) is 5.98. The van der Waals surface area contributed by atoms with Crippen LogP contribution in [0.3, 0.4) is 0 Å². The molecule has 0 aliphatic carbocycles. The number of fused-ring (bicyclic) bond motifs is 1. The van der Waals surface area contributed by atoms with E-state index in [1.807, 2.05) is 0 Å². The summed E-state index contributed by atoms with van der Waals surface area (Å²) < 4.78 is 30.1. The zero-order valence-electron chi connectivity index (χ0n) is 13.8. The molecule has 1 aliphatic rings. The molecule has 8 nitrogen and oxygen atoms in total. The van der Waals surface area contributed by atoms with Gasteiger partial charge in [-0.3, -0.25) is 4.90 Å². The van der Waals surface area contributed by atoms with Gasteiger partial charge in [0, 0.05) is 23.9 Å². The lowest BCUT2D eigenvalue weighted by Gasteiger charge is -2.26. The molecule has 1 aliphatic heterocycles. The van der Waals surface area contributed by atoms with Crippen molar-refractivity contribution in [2.45, 2.75) is 17.9 Å². The van der Waals surface area contributed by atoms with Crippen LogP contribution in [0.5, 0.6) is 0 Å².